The Morgan fingerprint density at radius 1 is 0.833 bits per heavy atom. The van der Waals surface area contributed by atoms with Crippen LogP contribution in [0.5, 0.6) is 0 Å². The SMILES string of the molecule is O=P(F)(F)OI(c1ccccc1)c1ccccc1. The van der Waals surface area contributed by atoms with Gasteiger partial charge in [0.15, 0.2) is 0 Å². The normalized spacial score (nSPS) is 12.2. The van der Waals surface area contributed by atoms with E-state index in [1.165, 1.54) is 0 Å². The summed E-state index contributed by atoms with van der Waals surface area (Å²) in [4.78, 5) is 0. The van der Waals surface area contributed by atoms with Crippen molar-refractivity contribution in [3.05, 3.63) is 67.8 Å². The maximum atomic E-state index is 12.7. The van der Waals surface area contributed by atoms with Gasteiger partial charge in [0, 0.05) is 0 Å². The zero-order chi connectivity index (χ0) is 13.0. The molecule has 6 heteroatoms. The fourth-order valence-electron chi connectivity index (χ4n) is 1.34. The Morgan fingerprint density at radius 3 is 1.56 bits per heavy atom. The van der Waals surface area contributed by atoms with Gasteiger partial charge in [0.05, 0.1) is 0 Å². The third-order valence-electron chi connectivity index (χ3n) is 2.01. The van der Waals surface area contributed by atoms with Crippen molar-refractivity contribution in [3.63, 3.8) is 0 Å². The molecule has 0 heterocycles. The van der Waals surface area contributed by atoms with Crippen LogP contribution in [0.25, 0.3) is 0 Å². The van der Waals surface area contributed by atoms with Crippen molar-refractivity contribution in [1.29, 1.82) is 0 Å². The summed E-state index contributed by atoms with van der Waals surface area (Å²) in [7, 11) is -5.48. The Hall–Kier alpha value is -0.780. The minimum atomic E-state index is -5.48. The van der Waals surface area contributed by atoms with Crippen LogP contribution in [-0.4, -0.2) is 0 Å². The molecule has 18 heavy (non-hydrogen) atoms. The van der Waals surface area contributed by atoms with Gasteiger partial charge in [-0.05, 0) is 0 Å². The molecule has 0 amide bonds. The second-order valence-corrected chi connectivity index (χ2v) is 9.38. The molecule has 0 radical (unpaired) electrons. The van der Waals surface area contributed by atoms with E-state index in [1.54, 1.807) is 60.7 Å². The molecule has 2 aromatic carbocycles. The monoisotopic (exact) mass is 382 g/mol. The molecule has 2 nitrogen and oxygen atoms in total. The first-order valence-electron chi connectivity index (χ1n) is 5.06. The standard InChI is InChI=1S/C12H10F2IO2P/c13-18(14,16)17-15(11-7-3-1-4-8-11)12-9-5-2-6-10-12/h1-10H. The molecule has 0 aliphatic heterocycles. The van der Waals surface area contributed by atoms with Crippen LogP contribution in [0.2, 0.25) is 0 Å². The summed E-state index contributed by atoms with van der Waals surface area (Å²) < 4.78 is 42.1. The van der Waals surface area contributed by atoms with Gasteiger partial charge in [-0.3, -0.25) is 0 Å². The molecule has 2 aromatic rings. The molecule has 96 valence electrons. The second kappa shape index (κ2) is 5.91. The van der Waals surface area contributed by atoms with Gasteiger partial charge in [-0.2, -0.15) is 0 Å². The van der Waals surface area contributed by atoms with Gasteiger partial charge in [0.2, 0.25) is 0 Å². The van der Waals surface area contributed by atoms with Crippen LogP contribution in [-0.2, 0) is 7.42 Å². The molecular formula is C12H10F2IO2P. The van der Waals surface area contributed by atoms with Crippen molar-refractivity contribution < 1.29 is 15.8 Å². The summed E-state index contributed by atoms with van der Waals surface area (Å²) in [6, 6.07) is 17.5. The van der Waals surface area contributed by atoms with Gasteiger partial charge in [0.1, 0.15) is 0 Å². The first kappa shape index (κ1) is 13.6. The van der Waals surface area contributed by atoms with Crippen LogP contribution < -0.4 is 0 Å². The summed E-state index contributed by atoms with van der Waals surface area (Å²) >= 11 is -2.79. The summed E-state index contributed by atoms with van der Waals surface area (Å²) in [6.07, 6.45) is 0. The van der Waals surface area contributed by atoms with Crippen LogP contribution >= 0.6 is 28.2 Å². The first-order chi connectivity index (χ1) is 8.56. The van der Waals surface area contributed by atoms with Crippen molar-refractivity contribution in [2.24, 2.45) is 0 Å². The Bertz CT molecular complexity index is 505. The van der Waals surface area contributed by atoms with Gasteiger partial charge >= 0.3 is 112 Å². The Balaban J connectivity index is 2.39. The Morgan fingerprint density at radius 2 is 1.22 bits per heavy atom. The van der Waals surface area contributed by atoms with Crippen LogP contribution in [0.15, 0.2) is 60.7 Å². The second-order valence-electron chi connectivity index (χ2n) is 3.32. The topological polar surface area (TPSA) is 26.3 Å². The maximum absolute atomic E-state index is 12.7. The van der Waals surface area contributed by atoms with Crippen LogP contribution in [0.1, 0.15) is 0 Å². The van der Waals surface area contributed by atoms with E-state index < -0.39 is 28.2 Å². The number of halogens is 3. The van der Waals surface area contributed by atoms with E-state index in [2.05, 4.69) is 2.85 Å². The molecule has 0 aliphatic carbocycles. The summed E-state index contributed by atoms with van der Waals surface area (Å²) in [6.45, 7) is 0. The molecule has 0 aromatic heterocycles. The van der Waals surface area contributed by atoms with Crippen LogP contribution in [0.3, 0.4) is 0 Å². The van der Waals surface area contributed by atoms with Crippen molar-refractivity contribution in [2.45, 2.75) is 0 Å². The number of hydrogen-bond donors (Lipinski definition) is 0. The summed E-state index contributed by atoms with van der Waals surface area (Å²) in [5, 5.41) is 0. The predicted octanol–water partition coefficient (Wildman–Crippen LogP) is 5.21. The number of rotatable bonds is 4. The van der Waals surface area contributed by atoms with Gasteiger partial charge in [0.25, 0.3) is 0 Å². The molecule has 0 aliphatic rings. The van der Waals surface area contributed by atoms with Crippen molar-refractivity contribution in [2.75, 3.05) is 0 Å². The fourth-order valence-corrected chi connectivity index (χ4v) is 7.26. The van der Waals surface area contributed by atoms with E-state index in [4.69, 9.17) is 0 Å². The molecular weight excluding hydrogens is 372 g/mol. The zero-order valence-electron chi connectivity index (χ0n) is 9.17. The van der Waals surface area contributed by atoms with Gasteiger partial charge in [-0.1, -0.05) is 0 Å². The Kier molecular flexibility index (Phi) is 4.48. The van der Waals surface area contributed by atoms with Crippen molar-refractivity contribution in [1.82, 2.24) is 0 Å². The zero-order valence-corrected chi connectivity index (χ0v) is 12.2. The molecule has 0 atom stereocenters. The molecule has 0 saturated heterocycles. The van der Waals surface area contributed by atoms with E-state index >= 15 is 0 Å². The van der Waals surface area contributed by atoms with E-state index in [1.807, 2.05) is 0 Å². The number of hydrogen-bond acceptors (Lipinski definition) is 2. The van der Waals surface area contributed by atoms with Crippen molar-refractivity contribution >= 4 is 28.2 Å². The fraction of sp³-hybridized carbons (Fsp3) is 0. The molecule has 0 unspecified atom stereocenters. The first-order valence-corrected chi connectivity index (χ1v) is 9.50. The van der Waals surface area contributed by atoms with Gasteiger partial charge < -0.3 is 0 Å². The van der Waals surface area contributed by atoms with E-state index in [0.29, 0.717) is 7.14 Å². The third kappa shape index (κ3) is 3.86. The predicted molar refractivity (Wildman–Crippen MR) is 75.2 cm³/mol. The minimum absolute atomic E-state index is 0.698. The summed E-state index contributed by atoms with van der Waals surface area (Å²) in [5.41, 5.74) is 0. The third-order valence-corrected chi connectivity index (χ3v) is 8.57. The van der Waals surface area contributed by atoms with E-state index in [0.717, 1.165) is 0 Å². The molecule has 0 fully saturated rings. The molecule has 0 N–H and O–H groups in total. The summed E-state index contributed by atoms with van der Waals surface area (Å²) in [5.74, 6) is 0. The van der Waals surface area contributed by atoms with Gasteiger partial charge in [-0.15, -0.1) is 0 Å². The van der Waals surface area contributed by atoms with Gasteiger partial charge in [-0.25, -0.2) is 0 Å². The molecule has 0 saturated carbocycles. The van der Waals surface area contributed by atoms with E-state index in [9.17, 15) is 13.0 Å². The average molecular weight is 382 g/mol. The quantitative estimate of drug-likeness (QED) is 0.536. The molecule has 2 rings (SSSR count). The number of benzene rings is 2. The van der Waals surface area contributed by atoms with Crippen molar-refractivity contribution in [3.8, 4) is 0 Å². The molecule has 0 spiro atoms. The molecule has 0 bridgehead atoms. The van der Waals surface area contributed by atoms with E-state index in [-0.39, 0.29) is 0 Å². The average Bonchev–Trinajstić information content (AvgIpc) is 2.37. The Labute approximate surface area is 112 Å². The van der Waals surface area contributed by atoms with Crippen LogP contribution in [0, 0.1) is 7.14 Å². The van der Waals surface area contributed by atoms with Crippen LogP contribution in [0.4, 0.5) is 8.39 Å².